The maximum Gasteiger partial charge on any atom is 0.258 e. The van der Waals surface area contributed by atoms with Crippen LogP contribution in [0.5, 0.6) is 0 Å². The van der Waals surface area contributed by atoms with Gasteiger partial charge in [0.15, 0.2) is 21.9 Å². The lowest BCUT2D eigenvalue weighted by molar-refractivity contribution is 0.102. The number of aromatic nitrogens is 2. The maximum atomic E-state index is 13.7. The molecule has 0 spiro atoms. The lowest BCUT2D eigenvalue weighted by Gasteiger charge is -2.09. The van der Waals surface area contributed by atoms with Crippen molar-refractivity contribution in [2.45, 2.75) is 0 Å². The second-order valence-electron chi connectivity index (χ2n) is 5.24. The molecule has 0 atom stereocenters. The Morgan fingerprint density at radius 3 is 2.03 bits per heavy atom. The molecule has 0 unspecified atom stereocenters. The summed E-state index contributed by atoms with van der Waals surface area (Å²) >= 11 is 24.5. The Bertz CT molecular complexity index is 1110. The zero-order chi connectivity index (χ0) is 22.4. The normalized spacial score (nSPS) is 9.93. The van der Waals surface area contributed by atoms with Gasteiger partial charge in [-0.3, -0.25) is 4.79 Å². The van der Waals surface area contributed by atoms with E-state index in [9.17, 15) is 13.6 Å². The van der Waals surface area contributed by atoms with Gasteiger partial charge in [0.05, 0.1) is 36.5 Å². The van der Waals surface area contributed by atoms with Gasteiger partial charge >= 0.3 is 0 Å². The van der Waals surface area contributed by atoms with E-state index in [2.05, 4.69) is 15.3 Å². The molecular weight excluding hydrogens is 595 g/mol. The van der Waals surface area contributed by atoms with Crippen LogP contribution in [0.25, 0.3) is 0 Å². The summed E-state index contributed by atoms with van der Waals surface area (Å²) in [5.41, 5.74) is -0.0131. The van der Waals surface area contributed by atoms with Crippen LogP contribution in [0, 0.1) is 26.5 Å². The van der Waals surface area contributed by atoms with E-state index in [0.29, 0.717) is 3.57 Å². The number of benzene rings is 1. The molecule has 30 heavy (non-hydrogen) atoms. The summed E-state index contributed by atoms with van der Waals surface area (Å²) in [6.07, 6.45) is 2.70. The van der Waals surface area contributed by atoms with Gasteiger partial charge in [-0.15, -0.1) is 0 Å². The molecule has 0 aliphatic carbocycles. The minimum Gasteiger partial charge on any atom is -0.319 e. The highest BCUT2D eigenvalue weighted by molar-refractivity contribution is 14.1. The fraction of sp³-hybridized carbons (Fsp3) is 0. The monoisotopic (exact) mass is 600 g/mol. The van der Waals surface area contributed by atoms with Crippen molar-refractivity contribution in [3.63, 3.8) is 0 Å². The standard InChI is InChI=1S/C13H5Cl3FN3O.C5H2ClFIN/c14-7-3-6(5-18)4-8(15)10(7)13(21)20-9-1-2-19-12(16)11(9)17;6-5-4(7)3(8)1-2-9-5/h1-4H,(H,19,20,21);1-2H. The highest BCUT2D eigenvalue weighted by Gasteiger charge is 2.18. The lowest BCUT2D eigenvalue weighted by atomic mass is 10.1. The molecule has 0 aliphatic rings. The number of pyridine rings is 2. The first-order valence-electron chi connectivity index (χ1n) is 7.61. The number of hydrogen-bond acceptors (Lipinski definition) is 4. The minimum absolute atomic E-state index is 0.0166. The smallest absolute Gasteiger partial charge is 0.258 e. The fourth-order valence-electron chi connectivity index (χ4n) is 1.95. The highest BCUT2D eigenvalue weighted by atomic mass is 127. The molecule has 154 valence electrons. The molecule has 0 saturated heterocycles. The number of nitrogens with one attached hydrogen (secondary N) is 1. The van der Waals surface area contributed by atoms with E-state index in [1.807, 2.05) is 28.7 Å². The Labute approximate surface area is 203 Å². The molecule has 0 fully saturated rings. The summed E-state index contributed by atoms with van der Waals surface area (Å²) < 4.78 is 26.7. The van der Waals surface area contributed by atoms with Crippen molar-refractivity contribution in [3.8, 4) is 6.07 Å². The average Bonchev–Trinajstić information content (AvgIpc) is 2.69. The number of nitrogens with zero attached hydrogens (tertiary/aromatic N) is 3. The van der Waals surface area contributed by atoms with E-state index >= 15 is 0 Å². The van der Waals surface area contributed by atoms with E-state index in [0.717, 1.165) is 0 Å². The quantitative estimate of drug-likeness (QED) is 0.259. The molecule has 12 heteroatoms. The van der Waals surface area contributed by atoms with Gasteiger partial charge in [-0.05, 0) is 46.9 Å². The van der Waals surface area contributed by atoms with Crippen LogP contribution in [0.2, 0.25) is 20.4 Å². The van der Waals surface area contributed by atoms with Crippen LogP contribution in [0.1, 0.15) is 15.9 Å². The Hall–Kier alpha value is -1.77. The third-order valence-corrected chi connectivity index (χ3v) is 5.25. The van der Waals surface area contributed by atoms with Crippen LogP contribution in [0.3, 0.4) is 0 Å². The topological polar surface area (TPSA) is 78.7 Å². The van der Waals surface area contributed by atoms with Gasteiger partial charge in [-0.1, -0.05) is 46.4 Å². The Balaban J connectivity index is 0.000000297. The summed E-state index contributed by atoms with van der Waals surface area (Å²) in [7, 11) is 0. The molecule has 1 amide bonds. The van der Waals surface area contributed by atoms with E-state index in [1.54, 1.807) is 6.07 Å². The van der Waals surface area contributed by atoms with Gasteiger partial charge in [-0.2, -0.15) is 5.26 Å². The number of carbonyl (C=O) groups excluding carboxylic acids is 1. The van der Waals surface area contributed by atoms with Gasteiger partial charge in [0.25, 0.3) is 5.91 Å². The summed E-state index contributed by atoms with van der Waals surface area (Å²) in [6.45, 7) is 0. The van der Waals surface area contributed by atoms with Crippen molar-refractivity contribution in [2.24, 2.45) is 0 Å². The summed E-state index contributed by atoms with van der Waals surface area (Å²) in [5, 5.41) is 10.6. The number of nitriles is 1. The Morgan fingerprint density at radius 1 is 1.00 bits per heavy atom. The number of rotatable bonds is 2. The third kappa shape index (κ3) is 6.12. The zero-order valence-corrected chi connectivity index (χ0v) is 19.5. The van der Waals surface area contributed by atoms with E-state index in [1.165, 1.54) is 30.6 Å². The molecular formula is C18H7Cl4F2IN4O. The van der Waals surface area contributed by atoms with Gasteiger partial charge in [0.1, 0.15) is 0 Å². The van der Waals surface area contributed by atoms with Crippen molar-refractivity contribution in [1.29, 1.82) is 5.26 Å². The van der Waals surface area contributed by atoms with Crippen LogP contribution in [-0.2, 0) is 0 Å². The molecule has 5 nitrogen and oxygen atoms in total. The van der Waals surface area contributed by atoms with Crippen LogP contribution < -0.4 is 5.32 Å². The second-order valence-corrected chi connectivity index (χ2v) is 7.93. The van der Waals surface area contributed by atoms with Crippen molar-refractivity contribution in [2.75, 3.05) is 5.32 Å². The Kier molecular flexibility index (Phi) is 9.00. The van der Waals surface area contributed by atoms with E-state index < -0.39 is 17.5 Å². The molecule has 0 saturated carbocycles. The molecule has 2 aromatic heterocycles. The van der Waals surface area contributed by atoms with Gasteiger partial charge < -0.3 is 5.32 Å². The van der Waals surface area contributed by atoms with E-state index in [4.69, 9.17) is 51.7 Å². The molecule has 0 aliphatic heterocycles. The first-order valence-corrected chi connectivity index (χ1v) is 10.2. The molecule has 1 aromatic carbocycles. The number of hydrogen-bond donors (Lipinski definition) is 1. The second kappa shape index (κ2) is 11.0. The van der Waals surface area contributed by atoms with Crippen molar-refractivity contribution in [1.82, 2.24) is 9.97 Å². The van der Waals surface area contributed by atoms with Crippen molar-refractivity contribution in [3.05, 3.63) is 83.3 Å². The first-order chi connectivity index (χ1) is 14.1. The highest BCUT2D eigenvalue weighted by Crippen LogP contribution is 2.28. The SMILES string of the molecule is Fc1c(I)ccnc1Cl.N#Cc1cc(Cl)c(C(=O)Nc2ccnc(Cl)c2F)c(Cl)c1. The largest absolute Gasteiger partial charge is 0.319 e. The third-order valence-electron chi connectivity index (χ3n) is 3.29. The van der Waals surface area contributed by atoms with Crippen molar-refractivity contribution < 1.29 is 13.6 Å². The van der Waals surface area contributed by atoms with Gasteiger partial charge in [-0.25, -0.2) is 18.7 Å². The predicted molar refractivity (Wildman–Crippen MR) is 120 cm³/mol. The minimum atomic E-state index is -0.867. The van der Waals surface area contributed by atoms with Crippen LogP contribution in [0.4, 0.5) is 14.5 Å². The molecule has 0 bridgehead atoms. The number of carbonyl (C=O) groups is 1. The molecule has 1 N–H and O–H groups in total. The number of anilines is 1. The van der Waals surface area contributed by atoms with Crippen LogP contribution in [0.15, 0.2) is 36.7 Å². The number of halogens is 7. The Morgan fingerprint density at radius 2 is 1.53 bits per heavy atom. The summed E-state index contributed by atoms with van der Waals surface area (Å²) in [5.74, 6) is -2.04. The molecule has 0 radical (unpaired) electrons. The lowest BCUT2D eigenvalue weighted by Crippen LogP contribution is -2.14. The number of amides is 1. The first kappa shape index (κ1) is 24.5. The predicted octanol–water partition coefficient (Wildman–Crippen LogP) is 6.78. The fourth-order valence-corrected chi connectivity index (χ4v) is 3.50. The molecule has 3 rings (SSSR count). The van der Waals surface area contributed by atoms with Gasteiger partial charge in [0, 0.05) is 12.4 Å². The zero-order valence-electron chi connectivity index (χ0n) is 14.4. The maximum absolute atomic E-state index is 13.7. The van der Waals surface area contributed by atoms with Gasteiger partial charge in [0.2, 0.25) is 0 Å². The van der Waals surface area contributed by atoms with Crippen LogP contribution in [-0.4, -0.2) is 15.9 Å². The summed E-state index contributed by atoms with van der Waals surface area (Å²) in [6, 6.07) is 7.23. The average molecular weight is 602 g/mol. The van der Waals surface area contributed by atoms with Crippen molar-refractivity contribution >= 4 is 80.6 Å². The molecule has 3 aromatic rings. The van der Waals surface area contributed by atoms with Crippen LogP contribution >= 0.6 is 69.0 Å². The molecule has 2 heterocycles. The van der Waals surface area contributed by atoms with E-state index in [-0.39, 0.29) is 37.2 Å². The summed E-state index contributed by atoms with van der Waals surface area (Å²) in [4.78, 5) is 19.2.